The predicted molar refractivity (Wildman–Crippen MR) is 102 cm³/mol. The van der Waals surface area contributed by atoms with Gasteiger partial charge in [0.15, 0.2) is 0 Å². The van der Waals surface area contributed by atoms with Crippen molar-refractivity contribution in [2.45, 2.75) is 32.1 Å². The van der Waals surface area contributed by atoms with Crippen molar-refractivity contribution in [3.63, 3.8) is 0 Å². The molecule has 3 rings (SSSR count). The molecule has 0 bridgehead atoms. The number of nitrogens with two attached hydrogens (primary N) is 2. The third-order valence-electron chi connectivity index (χ3n) is 4.99. The summed E-state index contributed by atoms with van der Waals surface area (Å²) in [5.41, 5.74) is 9.00. The number of ether oxygens (including phenoxy) is 1. The fraction of sp³-hybridized carbons (Fsp3) is 0.474. The molecule has 0 unspecified atom stereocenters. The maximum Gasteiger partial charge on any atom is 0.241 e. The smallest absolute Gasteiger partial charge is 0.241 e. The third-order valence-corrected chi connectivity index (χ3v) is 4.99. The summed E-state index contributed by atoms with van der Waals surface area (Å²) in [6.07, 6.45) is 5.48. The molecule has 1 amide bonds. The number of unbranched alkanes of at least 4 members (excludes halogenated alkanes) is 1. The number of carbonyl (C=O) groups is 1. The summed E-state index contributed by atoms with van der Waals surface area (Å²) < 4.78 is 5.83. The average molecular weight is 357 g/mol. The molecule has 0 aliphatic carbocycles. The fourth-order valence-electron chi connectivity index (χ4n) is 3.38. The summed E-state index contributed by atoms with van der Waals surface area (Å²) in [7, 11) is 0. The Hall–Kier alpha value is -2.38. The van der Waals surface area contributed by atoms with E-state index in [1.807, 2.05) is 18.2 Å². The number of anilines is 1. The Labute approximate surface area is 154 Å². The van der Waals surface area contributed by atoms with E-state index >= 15 is 0 Å². The molecule has 1 aromatic rings. The van der Waals surface area contributed by atoms with E-state index in [9.17, 15) is 4.79 Å². The largest absolute Gasteiger partial charge is 0.494 e. The van der Waals surface area contributed by atoms with Gasteiger partial charge in [-0.15, -0.1) is 0 Å². The number of piperidine rings is 1. The van der Waals surface area contributed by atoms with Gasteiger partial charge in [-0.05, 0) is 37.4 Å². The monoisotopic (exact) mass is 357 g/mol. The van der Waals surface area contributed by atoms with Gasteiger partial charge in [0.1, 0.15) is 5.75 Å². The first-order chi connectivity index (χ1) is 12.6. The Morgan fingerprint density at radius 2 is 2.08 bits per heavy atom. The standard InChI is InChI=1S/C19H27N5O2/c20-12-15-13-23(9-7-17(15)21)8-1-2-10-26-16-5-3-14-4-6-19(25)24(22)18(14)11-16/h3,5,11-12,21H,1-2,4,6-10,13,20,22H2. The second-order valence-corrected chi connectivity index (χ2v) is 6.81. The molecule has 1 fully saturated rings. The van der Waals surface area contributed by atoms with Crippen molar-refractivity contribution in [1.29, 1.82) is 5.41 Å². The van der Waals surface area contributed by atoms with Crippen LogP contribution in [-0.2, 0) is 11.2 Å². The topological polar surface area (TPSA) is 109 Å². The van der Waals surface area contributed by atoms with E-state index in [2.05, 4.69) is 4.90 Å². The molecule has 0 aromatic heterocycles. The van der Waals surface area contributed by atoms with E-state index in [0.29, 0.717) is 18.7 Å². The number of nitrogens with one attached hydrogen (secondary N) is 1. The maximum atomic E-state index is 11.7. The predicted octanol–water partition coefficient (Wildman–Crippen LogP) is 1.57. The van der Waals surface area contributed by atoms with Crippen molar-refractivity contribution >= 4 is 17.3 Å². The van der Waals surface area contributed by atoms with Crippen molar-refractivity contribution in [2.24, 2.45) is 11.6 Å². The van der Waals surface area contributed by atoms with Crippen LogP contribution in [0.5, 0.6) is 5.75 Å². The van der Waals surface area contributed by atoms with E-state index in [1.165, 1.54) is 5.01 Å². The van der Waals surface area contributed by atoms with Crippen molar-refractivity contribution in [3.05, 3.63) is 35.5 Å². The van der Waals surface area contributed by atoms with Gasteiger partial charge in [0, 0.05) is 49.5 Å². The zero-order chi connectivity index (χ0) is 18.5. The molecule has 7 heteroatoms. The molecule has 1 saturated heterocycles. The van der Waals surface area contributed by atoms with Crippen LogP contribution in [0.1, 0.15) is 31.2 Å². The zero-order valence-electron chi connectivity index (χ0n) is 15.0. The number of carbonyl (C=O) groups excluding carboxylic acids is 1. The third kappa shape index (κ3) is 4.23. The minimum atomic E-state index is -0.0600. The quantitative estimate of drug-likeness (QED) is 0.407. The molecule has 0 saturated carbocycles. The molecule has 0 atom stereocenters. The van der Waals surface area contributed by atoms with Crippen LogP contribution in [-0.4, -0.2) is 42.8 Å². The number of aryl methyl sites for hydroxylation is 1. The van der Waals surface area contributed by atoms with Crippen molar-refractivity contribution < 1.29 is 9.53 Å². The lowest BCUT2D eigenvalue weighted by Gasteiger charge is -2.28. The second-order valence-electron chi connectivity index (χ2n) is 6.81. The first-order valence-electron chi connectivity index (χ1n) is 9.13. The van der Waals surface area contributed by atoms with E-state index in [1.54, 1.807) is 6.20 Å². The van der Waals surface area contributed by atoms with Gasteiger partial charge in [0.05, 0.1) is 12.3 Å². The van der Waals surface area contributed by atoms with Crippen molar-refractivity contribution in [1.82, 2.24) is 4.90 Å². The molecule has 5 N–H and O–H groups in total. The molecule has 140 valence electrons. The molecule has 1 aromatic carbocycles. The van der Waals surface area contributed by atoms with Gasteiger partial charge >= 0.3 is 0 Å². The molecule has 7 nitrogen and oxygen atoms in total. The Morgan fingerprint density at radius 1 is 1.23 bits per heavy atom. The number of hydrogen-bond donors (Lipinski definition) is 3. The number of hydrogen-bond acceptors (Lipinski definition) is 6. The van der Waals surface area contributed by atoms with Gasteiger partial charge in [-0.2, -0.15) is 0 Å². The number of rotatable bonds is 6. The minimum absolute atomic E-state index is 0.0600. The highest BCUT2D eigenvalue weighted by atomic mass is 16.5. The summed E-state index contributed by atoms with van der Waals surface area (Å²) in [5, 5.41) is 9.06. The molecule has 2 aliphatic rings. The van der Waals surface area contributed by atoms with Crippen LogP contribution in [0.4, 0.5) is 5.69 Å². The molecular formula is C19H27N5O2. The van der Waals surface area contributed by atoms with E-state index < -0.39 is 0 Å². The molecule has 0 spiro atoms. The minimum Gasteiger partial charge on any atom is -0.494 e. The summed E-state index contributed by atoms with van der Waals surface area (Å²) in [4.78, 5) is 14.0. The van der Waals surface area contributed by atoms with Gasteiger partial charge < -0.3 is 15.9 Å². The van der Waals surface area contributed by atoms with E-state index in [0.717, 1.165) is 67.9 Å². The number of amides is 1. The summed E-state index contributed by atoms with van der Waals surface area (Å²) in [5.74, 6) is 6.53. The average Bonchev–Trinajstić information content (AvgIpc) is 2.66. The fourth-order valence-corrected chi connectivity index (χ4v) is 3.38. The lowest BCUT2D eigenvalue weighted by atomic mass is 10.0. The molecule has 26 heavy (non-hydrogen) atoms. The van der Waals surface area contributed by atoms with Gasteiger partial charge in [-0.3, -0.25) is 9.69 Å². The van der Waals surface area contributed by atoms with Crippen LogP contribution in [0.15, 0.2) is 30.0 Å². The van der Waals surface area contributed by atoms with Gasteiger partial charge in [0.2, 0.25) is 5.91 Å². The van der Waals surface area contributed by atoms with Gasteiger partial charge in [-0.25, -0.2) is 10.9 Å². The molecule has 0 radical (unpaired) electrons. The Kier molecular flexibility index (Phi) is 5.90. The van der Waals surface area contributed by atoms with Crippen LogP contribution >= 0.6 is 0 Å². The maximum absolute atomic E-state index is 11.7. The number of benzene rings is 1. The van der Waals surface area contributed by atoms with Gasteiger partial charge in [-0.1, -0.05) is 6.07 Å². The van der Waals surface area contributed by atoms with Crippen LogP contribution in [0.3, 0.4) is 0 Å². The highest BCUT2D eigenvalue weighted by Crippen LogP contribution is 2.29. The molecule has 2 aliphatic heterocycles. The van der Waals surface area contributed by atoms with Crippen LogP contribution in [0.25, 0.3) is 0 Å². The van der Waals surface area contributed by atoms with E-state index in [-0.39, 0.29) is 5.91 Å². The summed E-state index contributed by atoms with van der Waals surface area (Å²) in [6, 6.07) is 5.78. The van der Waals surface area contributed by atoms with Crippen molar-refractivity contribution in [3.8, 4) is 5.75 Å². The normalized spacial score (nSPS) is 19.7. The summed E-state index contributed by atoms with van der Waals surface area (Å²) in [6.45, 7) is 3.29. The number of hydrazine groups is 1. The Bertz CT molecular complexity index is 716. The van der Waals surface area contributed by atoms with Crippen LogP contribution < -0.4 is 21.3 Å². The highest BCUT2D eigenvalue weighted by Gasteiger charge is 2.22. The SMILES string of the molecule is N=C1CCN(CCCCOc2ccc3c(c2)N(N)C(=O)CC3)CC1=CN. The second kappa shape index (κ2) is 8.33. The van der Waals surface area contributed by atoms with Crippen molar-refractivity contribution in [2.75, 3.05) is 31.3 Å². The lowest BCUT2D eigenvalue weighted by molar-refractivity contribution is -0.119. The Balaban J connectivity index is 1.42. The molecular weight excluding hydrogens is 330 g/mol. The Morgan fingerprint density at radius 3 is 2.88 bits per heavy atom. The van der Waals surface area contributed by atoms with Crippen LogP contribution in [0.2, 0.25) is 0 Å². The summed E-state index contributed by atoms with van der Waals surface area (Å²) >= 11 is 0. The first-order valence-corrected chi connectivity index (χ1v) is 9.13. The van der Waals surface area contributed by atoms with Crippen LogP contribution in [0, 0.1) is 5.41 Å². The number of fused-ring (bicyclic) bond motifs is 1. The number of likely N-dealkylation sites (tertiary alicyclic amines) is 1. The van der Waals surface area contributed by atoms with E-state index in [4.69, 9.17) is 21.7 Å². The number of nitrogens with zero attached hydrogens (tertiary/aromatic N) is 2. The van der Waals surface area contributed by atoms with Gasteiger partial charge in [0.25, 0.3) is 0 Å². The first kappa shape index (κ1) is 18.4. The zero-order valence-corrected chi connectivity index (χ0v) is 15.0. The molecule has 2 heterocycles. The lowest BCUT2D eigenvalue weighted by Crippen LogP contribution is -2.40. The highest BCUT2D eigenvalue weighted by molar-refractivity contribution is 5.98.